The van der Waals surface area contributed by atoms with Crippen LogP contribution in [-0.4, -0.2) is 30.9 Å². The van der Waals surface area contributed by atoms with Gasteiger partial charge in [0.1, 0.15) is 4.21 Å². The fourth-order valence-electron chi connectivity index (χ4n) is 3.70. The van der Waals surface area contributed by atoms with Gasteiger partial charge in [-0.3, -0.25) is 0 Å². The molecule has 2 aliphatic rings. The summed E-state index contributed by atoms with van der Waals surface area (Å²) < 4.78 is 27.3. The second kappa shape index (κ2) is 5.99. The Bertz CT molecular complexity index is 578. The minimum Gasteiger partial charge on any atom is -0.392 e. The van der Waals surface area contributed by atoms with Crippen molar-refractivity contribution in [1.82, 2.24) is 4.31 Å². The van der Waals surface area contributed by atoms with E-state index in [2.05, 4.69) is 0 Å². The molecule has 6 heteroatoms. The van der Waals surface area contributed by atoms with E-state index in [-0.39, 0.29) is 6.61 Å². The maximum atomic E-state index is 12.6. The molecule has 0 aromatic carbocycles. The molecule has 1 aromatic heterocycles. The highest BCUT2D eigenvalue weighted by Gasteiger charge is 2.39. The van der Waals surface area contributed by atoms with Gasteiger partial charge in [0.05, 0.1) is 6.61 Å². The number of nitrogens with zero attached hydrogens (tertiary/aromatic N) is 1. The molecule has 1 saturated carbocycles. The molecule has 21 heavy (non-hydrogen) atoms. The summed E-state index contributed by atoms with van der Waals surface area (Å²) in [5.41, 5.74) is 1.09. The summed E-state index contributed by atoms with van der Waals surface area (Å²) in [6.07, 6.45) is 8.50. The second-order valence-electron chi connectivity index (χ2n) is 6.40. The molecule has 1 aliphatic heterocycles. The molecule has 1 aromatic rings. The van der Waals surface area contributed by atoms with Gasteiger partial charge in [0.15, 0.2) is 0 Å². The van der Waals surface area contributed by atoms with E-state index in [4.69, 9.17) is 5.11 Å². The van der Waals surface area contributed by atoms with E-state index >= 15 is 0 Å². The van der Waals surface area contributed by atoms with E-state index in [0.717, 1.165) is 12.8 Å². The number of aliphatic hydroxyl groups excluding tert-OH is 1. The molecular formula is C15H23NO3S2. The molecule has 3 rings (SSSR count). The van der Waals surface area contributed by atoms with Crippen molar-refractivity contribution in [2.24, 2.45) is 5.41 Å². The van der Waals surface area contributed by atoms with Crippen LogP contribution in [0.4, 0.5) is 0 Å². The van der Waals surface area contributed by atoms with Crippen LogP contribution in [0.25, 0.3) is 0 Å². The van der Waals surface area contributed by atoms with E-state index in [0.29, 0.717) is 28.3 Å². The number of hydrogen-bond donors (Lipinski definition) is 1. The molecule has 0 unspecified atom stereocenters. The van der Waals surface area contributed by atoms with Crippen molar-refractivity contribution in [2.75, 3.05) is 13.1 Å². The molecule has 1 spiro atoms. The number of piperidine rings is 1. The number of hydrogen-bond acceptors (Lipinski definition) is 4. The summed E-state index contributed by atoms with van der Waals surface area (Å²) in [6.45, 7) is 1.19. The zero-order valence-corrected chi connectivity index (χ0v) is 13.9. The van der Waals surface area contributed by atoms with Crippen LogP contribution in [0.5, 0.6) is 0 Å². The third-order valence-corrected chi connectivity index (χ3v) is 8.47. The molecule has 118 valence electrons. The van der Waals surface area contributed by atoms with E-state index in [1.807, 2.05) is 0 Å². The zero-order chi connectivity index (χ0) is 14.9. The number of thiophene rings is 1. The van der Waals surface area contributed by atoms with Crippen molar-refractivity contribution >= 4 is 21.4 Å². The maximum Gasteiger partial charge on any atom is 0.252 e. The lowest BCUT2D eigenvalue weighted by Crippen LogP contribution is -2.43. The lowest BCUT2D eigenvalue weighted by Gasteiger charge is -2.43. The van der Waals surface area contributed by atoms with Crippen molar-refractivity contribution in [3.8, 4) is 0 Å². The lowest BCUT2D eigenvalue weighted by atomic mass is 9.68. The first-order valence-corrected chi connectivity index (χ1v) is 10.1. The third-order valence-electron chi connectivity index (χ3n) is 5.10. The topological polar surface area (TPSA) is 57.6 Å². The van der Waals surface area contributed by atoms with Crippen LogP contribution in [0, 0.1) is 5.41 Å². The number of rotatable bonds is 3. The third kappa shape index (κ3) is 3.04. The molecule has 0 atom stereocenters. The summed E-state index contributed by atoms with van der Waals surface area (Å²) in [6, 6.07) is 1.60. The zero-order valence-electron chi connectivity index (χ0n) is 12.3. The highest BCUT2D eigenvalue weighted by Crippen LogP contribution is 2.45. The summed E-state index contributed by atoms with van der Waals surface area (Å²) in [5, 5.41) is 10.8. The Hall–Kier alpha value is -0.430. The van der Waals surface area contributed by atoms with Crippen LogP contribution in [0.1, 0.15) is 50.5 Å². The quantitative estimate of drug-likeness (QED) is 0.927. The highest BCUT2D eigenvalue weighted by atomic mass is 32.2. The van der Waals surface area contributed by atoms with E-state index in [1.165, 1.54) is 43.4 Å². The van der Waals surface area contributed by atoms with Crippen molar-refractivity contribution < 1.29 is 13.5 Å². The molecule has 0 radical (unpaired) electrons. The van der Waals surface area contributed by atoms with Gasteiger partial charge in [0.2, 0.25) is 0 Å². The van der Waals surface area contributed by atoms with Crippen LogP contribution >= 0.6 is 11.3 Å². The standard InChI is InChI=1S/C15H23NO3S2/c17-11-13-10-14(20-12-13)21(18,19)16-8-6-15(7-9-16)4-2-1-3-5-15/h10,12,17H,1-9,11H2. The van der Waals surface area contributed by atoms with Crippen LogP contribution in [0.2, 0.25) is 0 Å². The second-order valence-corrected chi connectivity index (χ2v) is 9.47. The first-order chi connectivity index (χ1) is 10.1. The Kier molecular flexibility index (Phi) is 4.41. The van der Waals surface area contributed by atoms with Gasteiger partial charge in [0.25, 0.3) is 10.0 Å². The molecule has 1 saturated heterocycles. The molecule has 1 N–H and O–H groups in total. The Balaban J connectivity index is 1.70. The van der Waals surface area contributed by atoms with Gasteiger partial charge in [0, 0.05) is 13.1 Å². The Morgan fingerprint density at radius 2 is 1.81 bits per heavy atom. The van der Waals surface area contributed by atoms with Gasteiger partial charge in [-0.2, -0.15) is 4.31 Å². The number of sulfonamides is 1. The van der Waals surface area contributed by atoms with Gasteiger partial charge in [-0.05, 0) is 48.1 Å². The normalized spacial score (nSPS) is 23.5. The van der Waals surface area contributed by atoms with E-state index < -0.39 is 10.0 Å². The average molecular weight is 329 g/mol. The smallest absolute Gasteiger partial charge is 0.252 e. The molecule has 4 nitrogen and oxygen atoms in total. The largest absolute Gasteiger partial charge is 0.392 e. The molecule has 0 bridgehead atoms. The van der Waals surface area contributed by atoms with Crippen molar-refractivity contribution in [1.29, 1.82) is 0 Å². The summed E-state index contributed by atoms with van der Waals surface area (Å²) in [5.74, 6) is 0. The predicted molar refractivity (Wildman–Crippen MR) is 83.8 cm³/mol. The van der Waals surface area contributed by atoms with Crippen LogP contribution in [0.15, 0.2) is 15.7 Å². The first-order valence-electron chi connectivity index (χ1n) is 7.74. The first kappa shape index (κ1) is 15.5. The van der Waals surface area contributed by atoms with Crippen molar-refractivity contribution in [2.45, 2.75) is 55.8 Å². The minimum absolute atomic E-state index is 0.102. The average Bonchev–Trinajstić information content (AvgIpc) is 2.98. The molecule has 2 heterocycles. The van der Waals surface area contributed by atoms with E-state index in [9.17, 15) is 8.42 Å². The molecule has 0 amide bonds. The predicted octanol–water partition coefficient (Wildman–Crippen LogP) is 2.98. The van der Waals surface area contributed by atoms with Gasteiger partial charge >= 0.3 is 0 Å². The number of aliphatic hydroxyl groups is 1. The van der Waals surface area contributed by atoms with Crippen molar-refractivity contribution in [3.63, 3.8) is 0 Å². The summed E-state index contributed by atoms with van der Waals surface area (Å²) >= 11 is 1.21. The molecule has 1 aliphatic carbocycles. The van der Waals surface area contributed by atoms with Gasteiger partial charge in [-0.1, -0.05) is 19.3 Å². The van der Waals surface area contributed by atoms with E-state index in [1.54, 1.807) is 15.8 Å². The van der Waals surface area contributed by atoms with Crippen LogP contribution in [-0.2, 0) is 16.6 Å². The fourth-order valence-corrected chi connectivity index (χ4v) is 6.50. The summed E-state index contributed by atoms with van der Waals surface area (Å²) in [4.78, 5) is 0. The monoisotopic (exact) mass is 329 g/mol. The van der Waals surface area contributed by atoms with Gasteiger partial charge in [-0.25, -0.2) is 8.42 Å². The summed E-state index contributed by atoms with van der Waals surface area (Å²) in [7, 11) is -3.37. The lowest BCUT2D eigenvalue weighted by molar-refractivity contribution is 0.102. The van der Waals surface area contributed by atoms with Gasteiger partial charge in [-0.15, -0.1) is 11.3 Å². The fraction of sp³-hybridized carbons (Fsp3) is 0.733. The highest BCUT2D eigenvalue weighted by molar-refractivity contribution is 7.91. The Morgan fingerprint density at radius 1 is 1.14 bits per heavy atom. The Labute approximate surface area is 130 Å². The van der Waals surface area contributed by atoms with Gasteiger partial charge < -0.3 is 5.11 Å². The maximum absolute atomic E-state index is 12.6. The minimum atomic E-state index is -3.37. The molecular weight excluding hydrogens is 306 g/mol. The van der Waals surface area contributed by atoms with Crippen LogP contribution in [0.3, 0.4) is 0 Å². The van der Waals surface area contributed by atoms with Crippen LogP contribution < -0.4 is 0 Å². The van der Waals surface area contributed by atoms with Crippen molar-refractivity contribution in [3.05, 3.63) is 17.0 Å². The SMILES string of the molecule is O=S(=O)(c1cc(CO)cs1)N1CCC2(CCCCC2)CC1. The molecule has 2 fully saturated rings. The Morgan fingerprint density at radius 3 is 2.38 bits per heavy atom.